The summed E-state index contributed by atoms with van der Waals surface area (Å²) in [4.78, 5) is 12.3. The maximum atomic E-state index is 11.1. The van der Waals surface area contributed by atoms with Crippen LogP contribution in [0.15, 0.2) is 6.20 Å². The van der Waals surface area contributed by atoms with E-state index < -0.39 is 0 Å². The number of hydrogen-bond acceptors (Lipinski definition) is 3. The van der Waals surface area contributed by atoms with Crippen molar-refractivity contribution in [2.75, 3.05) is 0 Å². The van der Waals surface area contributed by atoms with Gasteiger partial charge in [-0.05, 0) is 24.4 Å². The van der Waals surface area contributed by atoms with Gasteiger partial charge in [-0.3, -0.25) is 4.79 Å². The van der Waals surface area contributed by atoms with Crippen molar-refractivity contribution in [1.82, 2.24) is 4.37 Å². The van der Waals surface area contributed by atoms with Gasteiger partial charge in [-0.1, -0.05) is 0 Å². The zero-order valence-corrected chi connectivity index (χ0v) is 6.28. The number of carbonyl (C=O) groups is 1. The second-order valence-corrected chi connectivity index (χ2v) is 3.33. The molecule has 0 atom stereocenters. The monoisotopic (exact) mass is 153 g/mol. The lowest BCUT2D eigenvalue weighted by Gasteiger charge is -2.06. The molecule has 0 saturated carbocycles. The fourth-order valence-electron chi connectivity index (χ4n) is 1.22. The van der Waals surface area contributed by atoms with Crippen LogP contribution in [-0.2, 0) is 6.42 Å². The van der Waals surface area contributed by atoms with Crippen LogP contribution in [0.2, 0.25) is 0 Å². The summed E-state index contributed by atoms with van der Waals surface area (Å²) in [5, 5.41) is 0. The Morgan fingerprint density at radius 3 is 3.20 bits per heavy atom. The topological polar surface area (TPSA) is 30.0 Å². The summed E-state index contributed by atoms with van der Waals surface area (Å²) in [5.41, 5.74) is 0.872. The summed E-state index contributed by atoms with van der Waals surface area (Å²) >= 11 is 1.46. The van der Waals surface area contributed by atoms with Crippen molar-refractivity contribution in [3.63, 3.8) is 0 Å². The van der Waals surface area contributed by atoms with Crippen molar-refractivity contribution in [3.8, 4) is 0 Å². The highest BCUT2D eigenvalue weighted by atomic mass is 32.1. The molecule has 2 nitrogen and oxygen atoms in total. The molecule has 0 fully saturated rings. The van der Waals surface area contributed by atoms with Crippen molar-refractivity contribution < 1.29 is 4.79 Å². The smallest absolute Gasteiger partial charge is 0.165 e. The van der Waals surface area contributed by atoms with E-state index in [1.807, 2.05) is 0 Å². The van der Waals surface area contributed by atoms with Gasteiger partial charge in [-0.2, -0.15) is 0 Å². The minimum Gasteiger partial charge on any atom is -0.294 e. The number of rotatable bonds is 0. The molecule has 0 amide bonds. The van der Waals surface area contributed by atoms with E-state index in [0.29, 0.717) is 6.42 Å². The zero-order chi connectivity index (χ0) is 6.97. The lowest BCUT2D eigenvalue weighted by Crippen LogP contribution is -2.06. The van der Waals surface area contributed by atoms with Crippen LogP contribution in [0.3, 0.4) is 0 Å². The van der Waals surface area contributed by atoms with Gasteiger partial charge in [0.2, 0.25) is 0 Å². The van der Waals surface area contributed by atoms with Gasteiger partial charge in [-0.25, -0.2) is 4.37 Å². The predicted octanol–water partition coefficient (Wildman–Crippen LogP) is 1.66. The standard InChI is InChI=1S/C7H7NOS/c9-6-2-1-3-7-5(6)4-8-10-7/h4H,1-3H2. The predicted molar refractivity (Wildman–Crippen MR) is 39.4 cm³/mol. The van der Waals surface area contributed by atoms with Gasteiger partial charge < -0.3 is 0 Å². The minimum absolute atomic E-state index is 0.273. The Kier molecular flexibility index (Phi) is 1.31. The quantitative estimate of drug-likeness (QED) is 0.567. The van der Waals surface area contributed by atoms with E-state index in [-0.39, 0.29) is 5.78 Å². The molecule has 10 heavy (non-hydrogen) atoms. The van der Waals surface area contributed by atoms with Crippen LogP contribution in [0, 0.1) is 0 Å². The molecule has 0 aromatic carbocycles. The van der Waals surface area contributed by atoms with Crippen LogP contribution in [0.5, 0.6) is 0 Å². The van der Waals surface area contributed by atoms with Gasteiger partial charge in [0.15, 0.2) is 5.78 Å². The summed E-state index contributed by atoms with van der Waals surface area (Å²) in [7, 11) is 0. The lowest BCUT2D eigenvalue weighted by atomic mass is 9.99. The van der Waals surface area contributed by atoms with Crippen molar-refractivity contribution in [1.29, 1.82) is 0 Å². The number of nitrogens with zero attached hydrogens (tertiary/aromatic N) is 1. The van der Waals surface area contributed by atoms with E-state index in [1.54, 1.807) is 6.20 Å². The summed E-state index contributed by atoms with van der Waals surface area (Å²) in [6, 6.07) is 0. The van der Waals surface area contributed by atoms with Gasteiger partial charge in [0.25, 0.3) is 0 Å². The number of fused-ring (bicyclic) bond motifs is 1. The number of Topliss-reactive ketones (excluding diaryl/α,β-unsaturated/α-hetero) is 1. The molecule has 1 aromatic heterocycles. The molecule has 0 aliphatic heterocycles. The molecule has 52 valence electrons. The molecule has 1 aromatic rings. The first-order valence-electron chi connectivity index (χ1n) is 3.34. The van der Waals surface area contributed by atoms with Gasteiger partial charge in [0.1, 0.15) is 0 Å². The fraction of sp³-hybridized carbons (Fsp3) is 0.429. The first kappa shape index (κ1) is 6.04. The third kappa shape index (κ3) is 0.778. The summed E-state index contributed by atoms with van der Waals surface area (Å²) in [5.74, 6) is 0.273. The Labute approximate surface area is 63.0 Å². The van der Waals surface area contributed by atoms with Crippen molar-refractivity contribution in [3.05, 3.63) is 16.6 Å². The molecule has 0 radical (unpaired) electrons. The molecular weight excluding hydrogens is 146 g/mol. The number of carbonyl (C=O) groups excluding carboxylic acids is 1. The molecule has 0 N–H and O–H groups in total. The minimum atomic E-state index is 0.273. The third-order valence-electron chi connectivity index (χ3n) is 1.75. The average molecular weight is 153 g/mol. The lowest BCUT2D eigenvalue weighted by molar-refractivity contribution is 0.0973. The number of aryl methyl sites for hydroxylation is 1. The molecule has 0 saturated heterocycles. The SMILES string of the molecule is O=C1CCCc2sncc21. The van der Waals surface area contributed by atoms with E-state index in [9.17, 15) is 4.79 Å². The molecule has 1 heterocycles. The molecule has 2 rings (SSSR count). The Morgan fingerprint density at radius 1 is 1.50 bits per heavy atom. The number of hydrogen-bond donors (Lipinski definition) is 0. The Bertz CT molecular complexity index is 266. The second-order valence-electron chi connectivity index (χ2n) is 2.44. The molecule has 1 aliphatic carbocycles. The van der Waals surface area contributed by atoms with Crippen LogP contribution in [-0.4, -0.2) is 10.2 Å². The van der Waals surface area contributed by atoms with Gasteiger partial charge in [0.05, 0.1) is 11.8 Å². The molecule has 0 unspecified atom stereocenters. The second kappa shape index (κ2) is 2.16. The third-order valence-corrected chi connectivity index (χ3v) is 2.61. The maximum Gasteiger partial charge on any atom is 0.165 e. The fourth-order valence-corrected chi connectivity index (χ4v) is 2.00. The van der Waals surface area contributed by atoms with Crippen molar-refractivity contribution in [2.24, 2.45) is 0 Å². The highest BCUT2D eigenvalue weighted by molar-refractivity contribution is 7.06. The van der Waals surface area contributed by atoms with E-state index in [1.165, 1.54) is 16.4 Å². The first-order chi connectivity index (χ1) is 4.88. The van der Waals surface area contributed by atoms with E-state index in [4.69, 9.17) is 0 Å². The highest BCUT2D eigenvalue weighted by Gasteiger charge is 2.18. The van der Waals surface area contributed by atoms with Crippen LogP contribution < -0.4 is 0 Å². The van der Waals surface area contributed by atoms with Crippen molar-refractivity contribution >= 4 is 17.3 Å². The number of aromatic nitrogens is 1. The molecule has 0 bridgehead atoms. The van der Waals surface area contributed by atoms with Crippen LogP contribution in [0.25, 0.3) is 0 Å². The molecule has 0 spiro atoms. The van der Waals surface area contributed by atoms with Crippen LogP contribution in [0.1, 0.15) is 28.1 Å². The van der Waals surface area contributed by atoms with Crippen LogP contribution >= 0.6 is 11.5 Å². The largest absolute Gasteiger partial charge is 0.294 e. The van der Waals surface area contributed by atoms with E-state index in [0.717, 1.165) is 18.4 Å². The first-order valence-corrected chi connectivity index (χ1v) is 4.12. The summed E-state index contributed by atoms with van der Waals surface area (Å²) in [6.07, 6.45) is 4.46. The summed E-state index contributed by atoms with van der Waals surface area (Å²) in [6.45, 7) is 0. The molecule has 3 heteroatoms. The van der Waals surface area contributed by atoms with Crippen LogP contribution in [0.4, 0.5) is 0 Å². The molecule has 1 aliphatic rings. The average Bonchev–Trinajstić information content (AvgIpc) is 2.36. The Balaban J connectivity index is 2.50. The maximum absolute atomic E-state index is 11.1. The zero-order valence-electron chi connectivity index (χ0n) is 5.46. The number of ketones is 1. The van der Waals surface area contributed by atoms with Gasteiger partial charge >= 0.3 is 0 Å². The van der Waals surface area contributed by atoms with E-state index in [2.05, 4.69) is 4.37 Å². The highest BCUT2D eigenvalue weighted by Crippen LogP contribution is 2.23. The van der Waals surface area contributed by atoms with Gasteiger partial charge in [-0.15, -0.1) is 0 Å². The Hall–Kier alpha value is -0.700. The summed E-state index contributed by atoms with van der Waals surface area (Å²) < 4.78 is 3.98. The molecular formula is C7H7NOS. The Morgan fingerprint density at radius 2 is 2.40 bits per heavy atom. The normalized spacial score (nSPS) is 17.0. The van der Waals surface area contributed by atoms with Gasteiger partial charge in [0, 0.05) is 11.3 Å². The van der Waals surface area contributed by atoms with Crippen molar-refractivity contribution in [2.45, 2.75) is 19.3 Å². The van der Waals surface area contributed by atoms with E-state index >= 15 is 0 Å².